The maximum Gasteiger partial charge on any atom is 0.259 e. The number of ether oxygens (including phenoxy) is 1. The summed E-state index contributed by atoms with van der Waals surface area (Å²) in [6.07, 6.45) is 8.46. The highest BCUT2D eigenvalue weighted by Gasteiger charge is 2.27. The van der Waals surface area contributed by atoms with Gasteiger partial charge in [0.25, 0.3) is 5.56 Å². The van der Waals surface area contributed by atoms with Gasteiger partial charge in [0.05, 0.1) is 13.3 Å². The van der Waals surface area contributed by atoms with E-state index in [-0.39, 0.29) is 5.56 Å². The first kappa shape index (κ1) is 22.4. The van der Waals surface area contributed by atoms with Gasteiger partial charge >= 0.3 is 0 Å². The molecule has 5 rings (SSSR count). The molecular weight excluding hydrogens is 424 g/mol. The molecule has 0 fully saturated rings. The van der Waals surface area contributed by atoms with Gasteiger partial charge in [-0.15, -0.1) is 0 Å². The van der Waals surface area contributed by atoms with E-state index in [2.05, 4.69) is 15.9 Å². The zero-order valence-corrected chi connectivity index (χ0v) is 20.0. The van der Waals surface area contributed by atoms with Gasteiger partial charge in [-0.05, 0) is 82.3 Å². The van der Waals surface area contributed by atoms with Crippen molar-refractivity contribution in [2.75, 3.05) is 18.1 Å². The summed E-state index contributed by atoms with van der Waals surface area (Å²) in [5.74, 6) is 2.29. The smallest absolute Gasteiger partial charge is 0.259 e. The molecule has 6 heteroatoms. The predicted molar refractivity (Wildman–Crippen MR) is 136 cm³/mol. The SMILES string of the molecule is Cc1nc2n(c(=O)c1C)CN(CCC1=CCCCC1)CN2c1ccc(Oc2ccccc2)cc1. The second-order valence-electron chi connectivity index (χ2n) is 9.23. The molecule has 1 aliphatic heterocycles. The number of benzene rings is 2. The average molecular weight is 457 g/mol. The van der Waals surface area contributed by atoms with E-state index in [1.54, 1.807) is 5.57 Å². The molecule has 0 saturated heterocycles. The molecule has 0 unspecified atom stereocenters. The standard InChI is InChI=1S/C28H32N4O2/c1-21-22(2)29-28-31(24-13-15-26(16-14-24)34-25-11-7-4-8-12-25)19-30(20-32(28)27(21)33)18-17-23-9-5-3-6-10-23/h4,7-9,11-16H,3,5-6,10,17-20H2,1-2H3. The van der Waals surface area contributed by atoms with E-state index in [0.29, 0.717) is 24.8 Å². The number of nitrogens with zero attached hydrogens (tertiary/aromatic N) is 4. The summed E-state index contributed by atoms with van der Waals surface area (Å²) in [5, 5.41) is 0. The zero-order chi connectivity index (χ0) is 23.5. The normalized spacial score (nSPS) is 16.2. The van der Waals surface area contributed by atoms with Crippen LogP contribution < -0.4 is 15.2 Å². The molecule has 2 heterocycles. The Morgan fingerprint density at radius 2 is 1.71 bits per heavy atom. The van der Waals surface area contributed by atoms with E-state index in [4.69, 9.17) is 9.72 Å². The lowest BCUT2D eigenvalue weighted by Gasteiger charge is -2.38. The molecule has 2 aliphatic rings. The number of fused-ring (bicyclic) bond motifs is 1. The first-order valence-corrected chi connectivity index (χ1v) is 12.2. The molecule has 0 N–H and O–H groups in total. The average Bonchev–Trinajstić information content (AvgIpc) is 2.88. The Labute approximate surface area is 201 Å². The van der Waals surface area contributed by atoms with E-state index in [1.165, 1.54) is 25.7 Å². The quantitative estimate of drug-likeness (QED) is 0.432. The maximum atomic E-state index is 13.2. The number of allylic oxidation sites excluding steroid dienone is 1. The Hall–Kier alpha value is -3.38. The van der Waals surface area contributed by atoms with Crippen molar-refractivity contribution < 1.29 is 4.74 Å². The lowest BCUT2D eigenvalue weighted by atomic mass is 9.97. The van der Waals surface area contributed by atoms with Crippen molar-refractivity contribution in [1.29, 1.82) is 0 Å². The summed E-state index contributed by atoms with van der Waals surface area (Å²) < 4.78 is 7.78. The summed E-state index contributed by atoms with van der Waals surface area (Å²) in [7, 11) is 0. The van der Waals surface area contributed by atoms with Gasteiger partial charge in [0.15, 0.2) is 0 Å². The lowest BCUT2D eigenvalue weighted by molar-refractivity contribution is 0.199. The number of anilines is 2. The first-order valence-electron chi connectivity index (χ1n) is 12.2. The van der Waals surface area contributed by atoms with Crippen LogP contribution in [0, 0.1) is 13.8 Å². The van der Waals surface area contributed by atoms with E-state index in [1.807, 2.05) is 73.0 Å². The molecule has 1 aliphatic carbocycles. The fourth-order valence-corrected chi connectivity index (χ4v) is 4.67. The van der Waals surface area contributed by atoms with Crippen LogP contribution in [0.15, 0.2) is 71.0 Å². The third-order valence-electron chi connectivity index (χ3n) is 6.80. The summed E-state index contributed by atoms with van der Waals surface area (Å²) >= 11 is 0. The monoisotopic (exact) mass is 456 g/mol. The second-order valence-corrected chi connectivity index (χ2v) is 9.23. The Morgan fingerprint density at radius 3 is 2.44 bits per heavy atom. The number of aryl methyl sites for hydroxylation is 1. The molecule has 3 aromatic rings. The largest absolute Gasteiger partial charge is 0.457 e. The number of hydrogen-bond acceptors (Lipinski definition) is 5. The van der Waals surface area contributed by atoms with Crippen molar-refractivity contribution in [3.63, 3.8) is 0 Å². The highest BCUT2D eigenvalue weighted by molar-refractivity contribution is 5.59. The van der Waals surface area contributed by atoms with Crippen LogP contribution in [-0.2, 0) is 6.67 Å². The minimum Gasteiger partial charge on any atom is -0.457 e. The molecule has 0 bridgehead atoms. The van der Waals surface area contributed by atoms with Crippen LogP contribution in [0.4, 0.5) is 11.6 Å². The van der Waals surface area contributed by atoms with Gasteiger partial charge in [-0.2, -0.15) is 0 Å². The van der Waals surface area contributed by atoms with E-state index in [9.17, 15) is 4.79 Å². The maximum absolute atomic E-state index is 13.2. The number of rotatable bonds is 6. The summed E-state index contributed by atoms with van der Waals surface area (Å²) in [4.78, 5) is 22.5. The fraction of sp³-hybridized carbons (Fsp3) is 0.357. The van der Waals surface area contributed by atoms with Crippen molar-refractivity contribution in [3.05, 3.63) is 87.9 Å². The number of para-hydroxylation sites is 1. The van der Waals surface area contributed by atoms with Gasteiger partial charge in [0, 0.05) is 23.5 Å². The second kappa shape index (κ2) is 9.85. The summed E-state index contributed by atoms with van der Waals surface area (Å²) in [5.41, 5.74) is 4.08. The van der Waals surface area contributed by atoms with Gasteiger partial charge in [-0.1, -0.05) is 29.8 Å². The van der Waals surface area contributed by atoms with Crippen LogP contribution in [0.1, 0.15) is 43.4 Å². The Balaban J connectivity index is 1.41. The van der Waals surface area contributed by atoms with Gasteiger partial charge in [0.1, 0.15) is 11.5 Å². The Bertz CT molecular complexity index is 1230. The molecule has 2 aromatic carbocycles. The topological polar surface area (TPSA) is 50.6 Å². The van der Waals surface area contributed by atoms with Crippen molar-refractivity contribution in [2.45, 2.75) is 52.6 Å². The first-order chi connectivity index (χ1) is 16.6. The third-order valence-corrected chi connectivity index (χ3v) is 6.80. The van der Waals surface area contributed by atoms with Gasteiger partial charge in [-0.3, -0.25) is 19.2 Å². The predicted octanol–water partition coefficient (Wildman–Crippen LogP) is 5.91. The van der Waals surface area contributed by atoms with E-state index < -0.39 is 0 Å². The van der Waals surface area contributed by atoms with Crippen molar-refractivity contribution in [3.8, 4) is 11.5 Å². The van der Waals surface area contributed by atoms with Gasteiger partial charge in [0.2, 0.25) is 5.95 Å². The molecule has 0 atom stereocenters. The Morgan fingerprint density at radius 1 is 0.941 bits per heavy atom. The van der Waals surface area contributed by atoms with Crippen LogP contribution >= 0.6 is 0 Å². The van der Waals surface area contributed by atoms with Crippen LogP contribution in [-0.4, -0.2) is 27.7 Å². The molecule has 0 spiro atoms. The molecular formula is C28H32N4O2. The third kappa shape index (κ3) is 4.77. The zero-order valence-electron chi connectivity index (χ0n) is 20.0. The molecule has 176 valence electrons. The van der Waals surface area contributed by atoms with E-state index in [0.717, 1.165) is 35.8 Å². The van der Waals surface area contributed by atoms with Crippen molar-refractivity contribution in [1.82, 2.24) is 14.5 Å². The van der Waals surface area contributed by atoms with Crippen molar-refractivity contribution in [2.24, 2.45) is 0 Å². The highest BCUT2D eigenvalue weighted by atomic mass is 16.5. The van der Waals surface area contributed by atoms with Crippen LogP contribution in [0.25, 0.3) is 0 Å². The molecule has 0 amide bonds. The minimum atomic E-state index is 0.0399. The molecule has 6 nitrogen and oxygen atoms in total. The lowest BCUT2D eigenvalue weighted by Crippen LogP contribution is -2.48. The summed E-state index contributed by atoms with van der Waals surface area (Å²) in [6.45, 7) is 5.97. The number of hydrogen-bond donors (Lipinski definition) is 0. The van der Waals surface area contributed by atoms with E-state index >= 15 is 0 Å². The van der Waals surface area contributed by atoms with Gasteiger partial charge < -0.3 is 4.74 Å². The molecule has 0 saturated carbocycles. The number of aromatic nitrogens is 2. The molecule has 0 radical (unpaired) electrons. The van der Waals surface area contributed by atoms with Crippen LogP contribution in [0.3, 0.4) is 0 Å². The Kier molecular flexibility index (Phi) is 6.50. The van der Waals surface area contributed by atoms with Crippen LogP contribution in [0.2, 0.25) is 0 Å². The van der Waals surface area contributed by atoms with Crippen molar-refractivity contribution >= 4 is 11.6 Å². The molecule has 1 aromatic heterocycles. The summed E-state index contributed by atoms with van der Waals surface area (Å²) in [6, 6.07) is 17.8. The molecule has 34 heavy (non-hydrogen) atoms. The fourth-order valence-electron chi connectivity index (χ4n) is 4.67. The highest BCUT2D eigenvalue weighted by Crippen LogP contribution is 2.31. The van der Waals surface area contributed by atoms with Crippen LogP contribution in [0.5, 0.6) is 11.5 Å². The van der Waals surface area contributed by atoms with Gasteiger partial charge in [-0.25, -0.2) is 4.98 Å². The minimum absolute atomic E-state index is 0.0399.